The fourth-order valence-electron chi connectivity index (χ4n) is 3.55. The van der Waals surface area contributed by atoms with Crippen LogP contribution in [-0.2, 0) is 6.42 Å². The highest BCUT2D eigenvalue weighted by Crippen LogP contribution is 2.30. The summed E-state index contributed by atoms with van der Waals surface area (Å²) in [4.78, 5) is 27.5. The molecular weight excluding hydrogens is 330 g/mol. The number of nitro benzene ring substituents is 1. The second-order valence-corrected chi connectivity index (χ2v) is 6.84. The molecule has 0 bridgehead atoms. The zero-order valence-electron chi connectivity index (χ0n) is 15.1. The van der Waals surface area contributed by atoms with Gasteiger partial charge in [0, 0.05) is 38.3 Å². The van der Waals surface area contributed by atoms with Crippen LogP contribution in [0.3, 0.4) is 0 Å². The number of anilines is 1. The smallest absolute Gasteiger partial charge is 0.293 e. The van der Waals surface area contributed by atoms with Crippen LogP contribution in [0.25, 0.3) is 0 Å². The van der Waals surface area contributed by atoms with Crippen molar-refractivity contribution in [1.82, 2.24) is 4.90 Å². The summed E-state index contributed by atoms with van der Waals surface area (Å²) in [5.74, 6) is -0.128. The van der Waals surface area contributed by atoms with Crippen molar-refractivity contribution in [2.24, 2.45) is 0 Å². The number of nitrogens with zero attached hydrogens (tertiary/aromatic N) is 3. The molecule has 3 rings (SSSR count). The molecule has 26 heavy (non-hydrogen) atoms. The van der Waals surface area contributed by atoms with Gasteiger partial charge in [-0.3, -0.25) is 14.9 Å². The van der Waals surface area contributed by atoms with Crippen molar-refractivity contribution in [3.05, 3.63) is 69.8 Å². The number of benzene rings is 2. The predicted octanol–water partition coefficient (Wildman–Crippen LogP) is 3.51. The van der Waals surface area contributed by atoms with Gasteiger partial charge in [-0.2, -0.15) is 0 Å². The summed E-state index contributed by atoms with van der Waals surface area (Å²) in [5.41, 5.74) is 2.03. The van der Waals surface area contributed by atoms with E-state index in [0.717, 1.165) is 19.3 Å². The van der Waals surface area contributed by atoms with Gasteiger partial charge in [0.2, 0.25) is 0 Å². The van der Waals surface area contributed by atoms with Gasteiger partial charge in [0.1, 0.15) is 5.69 Å². The van der Waals surface area contributed by atoms with Gasteiger partial charge in [0.25, 0.3) is 11.6 Å². The van der Waals surface area contributed by atoms with E-state index in [1.165, 1.54) is 11.6 Å². The van der Waals surface area contributed by atoms with Crippen LogP contribution >= 0.6 is 0 Å². The Labute approximate surface area is 153 Å². The maximum Gasteiger partial charge on any atom is 0.293 e. The topological polar surface area (TPSA) is 66.7 Å². The third kappa shape index (κ3) is 3.69. The van der Waals surface area contributed by atoms with Gasteiger partial charge in [-0.1, -0.05) is 30.3 Å². The van der Waals surface area contributed by atoms with Crippen LogP contribution in [0.4, 0.5) is 11.4 Å². The highest BCUT2D eigenvalue weighted by molar-refractivity contribution is 5.96. The van der Waals surface area contributed by atoms with Gasteiger partial charge in [0.15, 0.2) is 0 Å². The standard InChI is InChI=1S/C20H23N3O3/c1-21(2)18-11-10-16(14-19(18)23(25)26)20(24)22-12-6-9-17(22)13-15-7-4-3-5-8-15/h3-5,7-8,10-11,14,17H,6,9,12-13H2,1-2H3. The van der Waals surface area contributed by atoms with Gasteiger partial charge in [-0.25, -0.2) is 0 Å². The van der Waals surface area contributed by atoms with E-state index in [4.69, 9.17) is 0 Å². The zero-order valence-corrected chi connectivity index (χ0v) is 15.1. The van der Waals surface area contributed by atoms with Gasteiger partial charge in [-0.15, -0.1) is 0 Å². The first-order valence-corrected chi connectivity index (χ1v) is 8.78. The Hall–Kier alpha value is -2.89. The summed E-state index contributed by atoms with van der Waals surface area (Å²) < 4.78 is 0. The first-order valence-electron chi connectivity index (χ1n) is 8.78. The lowest BCUT2D eigenvalue weighted by atomic mass is 10.0. The number of nitro groups is 1. The summed E-state index contributed by atoms with van der Waals surface area (Å²) >= 11 is 0. The third-order valence-corrected chi connectivity index (χ3v) is 4.85. The summed E-state index contributed by atoms with van der Waals surface area (Å²) in [7, 11) is 3.50. The average molecular weight is 353 g/mol. The maximum absolute atomic E-state index is 13.0. The number of rotatable bonds is 5. The number of likely N-dealkylation sites (tertiary alicyclic amines) is 1. The Bertz CT molecular complexity index is 805. The van der Waals surface area contributed by atoms with E-state index in [9.17, 15) is 14.9 Å². The Morgan fingerprint density at radius 3 is 2.62 bits per heavy atom. The minimum Gasteiger partial charge on any atom is -0.372 e. The molecule has 1 unspecified atom stereocenters. The quantitative estimate of drug-likeness (QED) is 0.609. The molecule has 0 N–H and O–H groups in total. The molecule has 0 spiro atoms. The molecule has 6 nitrogen and oxygen atoms in total. The normalized spacial score (nSPS) is 16.5. The lowest BCUT2D eigenvalue weighted by molar-refractivity contribution is -0.384. The van der Waals surface area contributed by atoms with Crippen molar-refractivity contribution in [2.45, 2.75) is 25.3 Å². The Morgan fingerprint density at radius 2 is 1.96 bits per heavy atom. The highest BCUT2D eigenvalue weighted by Gasteiger charge is 2.30. The van der Waals surface area contributed by atoms with E-state index in [1.807, 2.05) is 23.1 Å². The summed E-state index contributed by atoms with van der Waals surface area (Å²) in [6.07, 6.45) is 2.73. The molecule has 0 aromatic heterocycles. The lowest BCUT2D eigenvalue weighted by Crippen LogP contribution is -2.36. The predicted molar refractivity (Wildman–Crippen MR) is 102 cm³/mol. The second-order valence-electron chi connectivity index (χ2n) is 6.84. The van der Waals surface area contributed by atoms with Gasteiger partial charge in [-0.05, 0) is 37.0 Å². The molecule has 2 aromatic rings. The second kappa shape index (κ2) is 7.56. The van der Waals surface area contributed by atoms with Crippen molar-refractivity contribution < 1.29 is 9.72 Å². The Morgan fingerprint density at radius 1 is 1.23 bits per heavy atom. The zero-order chi connectivity index (χ0) is 18.7. The molecule has 1 aliphatic rings. The van der Waals surface area contributed by atoms with Crippen LogP contribution in [0.1, 0.15) is 28.8 Å². The summed E-state index contributed by atoms with van der Waals surface area (Å²) in [6, 6.07) is 15.0. The van der Waals surface area contributed by atoms with Crippen molar-refractivity contribution in [3.63, 3.8) is 0 Å². The molecule has 136 valence electrons. The number of hydrogen-bond acceptors (Lipinski definition) is 4. The molecule has 1 aliphatic heterocycles. The third-order valence-electron chi connectivity index (χ3n) is 4.85. The van der Waals surface area contributed by atoms with Crippen molar-refractivity contribution in [1.29, 1.82) is 0 Å². The Kier molecular flexibility index (Phi) is 5.21. The van der Waals surface area contributed by atoms with E-state index in [0.29, 0.717) is 17.8 Å². The van der Waals surface area contributed by atoms with Crippen LogP contribution in [0.2, 0.25) is 0 Å². The lowest BCUT2D eigenvalue weighted by Gasteiger charge is -2.25. The van der Waals surface area contributed by atoms with Crippen molar-refractivity contribution in [2.75, 3.05) is 25.5 Å². The van der Waals surface area contributed by atoms with Crippen LogP contribution < -0.4 is 4.90 Å². The fourth-order valence-corrected chi connectivity index (χ4v) is 3.55. The molecule has 0 radical (unpaired) electrons. The van der Waals surface area contributed by atoms with Gasteiger partial charge < -0.3 is 9.80 Å². The first kappa shape index (κ1) is 17.9. The molecular formula is C20H23N3O3. The number of hydrogen-bond donors (Lipinski definition) is 0. The SMILES string of the molecule is CN(C)c1ccc(C(=O)N2CCCC2Cc2ccccc2)cc1[N+](=O)[O-]. The molecule has 1 fully saturated rings. The first-order chi connectivity index (χ1) is 12.5. The van der Waals surface area contributed by atoms with E-state index in [2.05, 4.69) is 12.1 Å². The minimum atomic E-state index is -0.433. The molecule has 1 heterocycles. The fraction of sp³-hybridized carbons (Fsp3) is 0.350. The van der Waals surface area contributed by atoms with Crippen molar-refractivity contribution >= 4 is 17.3 Å². The molecule has 2 aromatic carbocycles. The van der Waals surface area contributed by atoms with E-state index >= 15 is 0 Å². The summed E-state index contributed by atoms with van der Waals surface area (Å²) in [5, 5.41) is 11.4. The average Bonchev–Trinajstić information content (AvgIpc) is 3.09. The number of amides is 1. The molecule has 1 atom stereocenters. The van der Waals surface area contributed by atoms with E-state index in [-0.39, 0.29) is 17.6 Å². The maximum atomic E-state index is 13.0. The molecule has 0 saturated carbocycles. The van der Waals surface area contributed by atoms with Gasteiger partial charge in [0.05, 0.1) is 4.92 Å². The monoisotopic (exact) mass is 353 g/mol. The largest absolute Gasteiger partial charge is 0.372 e. The van der Waals surface area contributed by atoms with E-state index < -0.39 is 4.92 Å². The molecule has 0 aliphatic carbocycles. The van der Waals surface area contributed by atoms with Crippen LogP contribution in [0.5, 0.6) is 0 Å². The summed E-state index contributed by atoms with van der Waals surface area (Å²) in [6.45, 7) is 0.694. The van der Waals surface area contributed by atoms with Crippen LogP contribution in [-0.4, -0.2) is 42.4 Å². The van der Waals surface area contributed by atoms with E-state index in [1.54, 1.807) is 31.1 Å². The number of carbonyl (C=O) groups excluding carboxylic acids is 1. The Balaban J connectivity index is 1.83. The van der Waals surface area contributed by atoms with Gasteiger partial charge >= 0.3 is 0 Å². The molecule has 6 heteroatoms. The minimum absolute atomic E-state index is 0.0420. The molecule has 1 amide bonds. The van der Waals surface area contributed by atoms with Crippen LogP contribution in [0, 0.1) is 10.1 Å². The number of carbonyl (C=O) groups is 1. The van der Waals surface area contributed by atoms with Crippen LogP contribution in [0.15, 0.2) is 48.5 Å². The van der Waals surface area contributed by atoms with Crippen molar-refractivity contribution in [3.8, 4) is 0 Å². The molecule has 1 saturated heterocycles. The highest BCUT2D eigenvalue weighted by atomic mass is 16.6.